The molecule has 3 aromatic rings. The Morgan fingerprint density at radius 2 is 2.24 bits per heavy atom. The first-order valence-electron chi connectivity index (χ1n) is 7.70. The molecule has 0 unspecified atom stereocenters. The SMILES string of the molecule is COC(=O)c1cc(-c2csc(NC(=O)CCCc3cccs3)n2)c[nH]1. The van der Waals surface area contributed by atoms with Crippen LogP contribution < -0.4 is 5.32 Å². The fourth-order valence-electron chi connectivity index (χ4n) is 2.29. The van der Waals surface area contributed by atoms with E-state index < -0.39 is 5.97 Å². The molecule has 0 aliphatic rings. The summed E-state index contributed by atoms with van der Waals surface area (Å²) >= 11 is 3.06. The van der Waals surface area contributed by atoms with Crippen molar-refractivity contribution in [2.24, 2.45) is 0 Å². The van der Waals surface area contributed by atoms with Gasteiger partial charge in [-0.1, -0.05) is 6.07 Å². The molecule has 0 aliphatic heterocycles. The number of esters is 1. The molecule has 0 fully saturated rings. The number of aromatic nitrogens is 2. The van der Waals surface area contributed by atoms with E-state index >= 15 is 0 Å². The van der Waals surface area contributed by atoms with Crippen LogP contribution in [0.15, 0.2) is 35.2 Å². The summed E-state index contributed by atoms with van der Waals surface area (Å²) in [5, 5.41) is 7.26. The van der Waals surface area contributed by atoms with Crippen LogP contribution in [-0.4, -0.2) is 29.0 Å². The predicted octanol–water partition coefficient (Wildman–Crippen LogP) is 3.95. The number of aryl methyl sites for hydroxylation is 1. The van der Waals surface area contributed by atoms with Crippen LogP contribution in [0.2, 0.25) is 0 Å². The maximum absolute atomic E-state index is 12.0. The predicted molar refractivity (Wildman–Crippen MR) is 99.1 cm³/mol. The molecule has 3 rings (SSSR count). The van der Waals surface area contributed by atoms with Crippen LogP contribution in [-0.2, 0) is 16.0 Å². The molecule has 0 aromatic carbocycles. The van der Waals surface area contributed by atoms with E-state index in [1.54, 1.807) is 23.6 Å². The van der Waals surface area contributed by atoms with E-state index in [4.69, 9.17) is 0 Å². The Kier molecular flexibility index (Phi) is 5.62. The molecule has 0 saturated carbocycles. The third-order valence-corrected chi connectivity index (χ3v) is 5.24. The normalized spacial score (nSPS) is 10.6. The maximum Gasteiger partial charge on any atom is 0.354 e. The van der Waals surface area contributed by atoms with Crippen LogP contribution in [0.4, 0.5) is 5.13 Å². The minimum absolute atomic E-state index is 0.0400. The highest BCUT2D eigenvalue weighted by Gasteiger charge is 2.12. The molecular weight excluding hydrogens is 358 g/mol. The van der Waals surface area contributed by atoms with Crippen LogP contribution in [0.1, 0.15) is 28.2 Å². The number of carbonyl (C=O) groups is 2. The van der Waals surface area contributed by atoms with Gasteiger partial charge in [0.15, 0.2) is 5.13 Å². The summed E-state index contributed by atoms with van der Waals surface area (Å²) in [5.74, 6) is -0.470. The highest BCUT2D eigenvalue weighted by Crippen LogP contribution is 2.26. The van der Waals surface area contributed by atoms with E-state index in [9.17, 15) is 9.59 Å². The Hall–Kier alpha value is -2.45. The standard InChI is InChI=1S/C17H17N3O3S2/c1-23-16(22)13-8-11(9-18-13)14-10-25-17(19-14)20-15(21)6-2-4-12-5-3-7-24-12/h3,5,7-10,18H,2,4,6H2,1H3,(H,19,20,21). The van der Waals surface area contributed by atoms with E-state index in [0.717, 1.165) is 18.4 Å². The van der Waals surface area contributed by atoms with Crippen molar-refractivity contribution < 1.29 is 14.3 Å². The van der Waals surface area contributed by atoms with E-state index in [1.807, 2.05) is 16.8 Å². The van der Waals surface area contributed by atoms with Crippen LogP contribution in [0.3, 0.4) is 0 Å². The summed E-state index contributed by atoms with van der Waals surface area (Å²) in [5.41, 5.74) is 1.84. The monoisotopic (exact) mass is 375 g/mol. The second kappa shape index (κ2) is 8.09. The van der Waals surface area contributed by atoms with E-state index in [0.29, 0.717) is 22.9 Å². The van der Waals surface area contributed by atoms with Gasteiger partial charge in [0.05, 0.1) is 12.8 Å². The van der Waals surface area contributed by atoms with Gasteiger partial charge in [-0.05, 0) is 30.4 Å². The number of methoxy groups -OCH3 is 1. The molecular formula is C17H17N3O3S2. The Morgan fingerprint density at radius 3 is 3.00 bits per heavy atom. The molecule has 2 N–H and O–H groups in total. The zero-order chi connectivity index (χ0) is 17.6. The molecule has 3 aromatic heterocycles. The van der Waals surface area contributed by atoms with Gasteiger partial charge in [0.1, 0.15) is 5.69 Å². The lowest BCUT2D eigenvalue weighted by atomic mass is 10.2. The van der Waals surface area contributed by atoms with Crippen LogP contribution in [0.25, 0.3) is 11.3 Å². The number of rotatable bonds is 7. The molecule has 6 nitrogen and oxygen atoms in total. The highest BCUT2D eigenvalue weighted by molar-refractivity contribution is 7.14. The molecule has 0 saturated heterocycles. The summed E-state index contributed by atoms with van der Waals surface area (Å²) in [6, 6.07) is 5.77. The van der Waals surface area contributed by atoms with Crippen molar-refractivity contribution >= 4 is 39.7 Å². The van der Waals surface area contributed by atoms with Crippen molar-refractivity contribution in [3.8, 4) is 11.3 Å². The summed E-state index contributed by atoms with van der Waals surface area (Å²) in [6.07, 6.45) is 3.87. The molecule has 0 spiro atoms. The number of hydrogen-bond donors (Lipinski definition) is 2. The summed E-state index contributed by atoms with van der Waals surface area (Å²) in [4.78, 5) is 32.0. The number of thiophene rings is 1. The maximum atomic E-state index is 12.0. The lowest BCUT2D eigenvalue weighted by Gasteiger charge is -2.00. The number of thiazole rings is 1. The van der Waals surface area contributed by atoms with Gasteiger partial charge in [-0.25, -0.2) is 9.78 Å². The first-order valence-corrected chi connectivity index (χ1v) is 9.46. The smallest absolute Gasteiger partial charge is 0.354 e. The minimum Gasteiger partial charge on any atom is -0.464 e. The summed E-state index contributed by atoms with van der Waals surface area (Å²) in [6.45, 7) is 0. The zero-order valence-electron chi connectivity index (χ0n) is 13.6. The van der Waals surface area contributed by atoms with Gasteiger partial charge >= 0.3 is 5.97 Å². The van der Waals surface area contributed by atoms with E-state index in [2.05, 4.69) is 26.1 Å². The Balaban J connectivity index is 1.53. The van der Waals surface area contributed by atoms with Gasteiger partial charge in [0, 0.05) is 28.4 Å². The van der Waals surface area contributed by atoms with Gasteiger partial charge in [-0.3, -0.25) is 4.79 Å². The van der Waals surface area contributed by atoms with E-state index in [1.165, 1.54) is 23.3 Å². The number of anilines is 1. The molecule has 1 amide bonds. The van der Waals surface area contributed by atoms with Gasteiger partial charge < -0.3 is 15.0 Å². The van der Waals surface area contributed by atoms with Gasteiger partial charge in [0.25, 0.3) is 0 Å². The largest absolute Gasteiger partial charge is 0.464 e. The molecule has 8 heteroatoms. The lowest BCUT2D eigenvalue weighted by molar-refractivity contribution is -0.116. The Morgan fingerprint density at radius 1 is 1.36 bits per heavy atom. The van der Waals surface area contributed by atoms with Gasteiger partial charge in [-0.2, -0.15) is 0 Å². The number of H-pyrrole nitrogens is 1. The topological polar surface area (TPSA) is 84.1 Å². The first kappa shape index (κ1) is 17.4. The van der Waals surface area contributed by atoms with Crippen LogP contribution in [0.5, 0.6) is 0 Å². The second-order valence-corrected chi connectivity index (χ2v) is 7.20. The van der Waals surface area contributed by atoms with Crippen molar-refractivity contribution in [1.29, 1.82) is 0 Å². The van der Waals surface area contributed by atoms with Crippen molar-refractivity contribution in [1.82, 2.24) is 9.97 Å². The molecule has 25 heavy (non-hydrogen) atoms. The summed E-state index contributed by atoms with van der Waals surface area (Å²) < 4.78 is 4.66. The number of amides is 1. The Bertz CT molecular complexity index is 852. The van der Waals surface area contributed by atoms with Crippen molar-refractivity contribution in [2.75, 3.05) is 12.4 Å². The molecule has 0 radical (unpaired) electrons. The van der Waals surface area contributed by atoms with Crippen molar-refractivity contribution in [2.45, 2.75) is 19.3 Å². The van der Waals surface area contributed by atoms with E-state index in [-0.39, 0.29) is 5.91 Å². The highest BCUT2D eigenvalue weighted by atomic mass is 32.1. The van der Waals surface area contributed by atoms with Crippen LogP contribution in [0, 0.1) is 0 Å². The number of nitrogens with one attached hydrogen (secondary N) is 2. The molecule has 0 bridgehead atoms. The first-order chi connectivity index (χ1) is 12.2. The number of aromatic amines is 1. The fraction of sp³-hybridized carbons (Fsp3) is 0.235. The Labute approximate surface area is 152 Å². The fourth-order valence-corrected chi connectivity index (χ4v) is 3.78. The molecule has 0 aliphatic carbocycles. The van der Waals surface area contributed by atoms with Crippen molar-refractivity contribution in [3.05, 3.63) is 45.7 Å². The van der Waals surface area contributed by atoms with Crippen LogP contribution >= 0.6 is 22.7 Å². The molecule has 0 atom stereocenters. The summed E-state index contributed by atoms with van der Waals surface area (Å²) in [7, 11) is 1.33. The number of carbonyl (C=O) groups excluding carboxylic acids is 2. The van der Waals surface area contributed by atoms with Gasteiger partial charge in [-0.15, -0.1) is 22.7 Å². The second-order valence-electron chi connectivity index (χ2n) is 5.31. The third-order valence-electron chi connectivity index (χ3n) is 3.54. The average molecular weight is 375 g/mol. The average Bonchev–Trinajstić information content (AvgIpc) is 3.35. The third kappa shape index (κ3) is 4.55. The van der Waals surface area contributed by atoms with Gasteiger partial charge in [0.2, 0.25) is 5.91 Å². The number of hydrogen-bond acceptors (Lipinski definition) is 6. The van der Waals surface area contributed by atoms with Crippen molar-refractivity contribution in [3.63, 3.8) is 0 Å². The molecule has 3 heterocycles. The quantitative estimate of drug-likeness (QED) is 0.613. The number of nitrogens with zero attached hydrogens (tertiary/aromatic N) is 1. The number of ether oxygens (including phenoxy) is 1. The minimum atomic E-state index is -0.430. The zero-order valence-corrected chi connectivity index (χ0v) is 15.2. The molecule has 130 valence electrons. The lowest BCUT2D eigenvalue weighted by Crippen LogP contribution is -2.11.